The van der Waals surface area contributed by atoms with Gasteiger partial charge in [-0.25, -0.2) is 0 Å². The minimum absolute atomic E-state index is 0.227. The summed E-state index contributed by atoms with van der Waals surface area (Å²) < 4.78 is 11.2. The summed E-state index contributed by atoms with van der Waals surface area (Å²) in [6.07, 6.45) is 1.23. The molecule has 0 spiro atoms. The van der Waals surface area contributed by atoms with Crippen molar-refractivity contribution in [3.8, 4) is 6.07 Å². The summed E-state index contributed by atoms with van der Waals surface area (Å²) in [6, 6.07) is 12.6. The van der Waals surface area contributed by atoms with Gasteiger partial charge < -0.3 is 9.47 Å². The highest BCUT2D eigenvalue weighted by molar-refractivity contribution is 5.33. The maximum Gasteiger partial charge on any atom is 0.157 e. The summed E-state index contributed by atoms with van der Waals surface area (Å²) in [6.45, 7) is 9.38. The summed E-state index contributed by atoms with van der Waals surface area (Å²) in [7, 11) is 0. The molecule has 0 saturated carbocycles. The van der Waals surface area contributed by atoms with Crippen molar-refractivity contribution in [1.82, 2.24) is 0 Å². The van der Waals surface area contributed by atoms with Gasteiger partial charge in [-0.15, -0.1) is 0 Å². The summed E-state index contributed by atoms with van der Waals surface area (Å²) in [5.41, 5.74) is 0.586. The first-order chi connectivity index (χ1) is 10.1. The largest absolute Gasteiger partial charge is 0.353 e. The monoisotopic (exact) mass is 289 g/mol. The van der Waals surface area contributed by atoms with Crippen LogP contribution in [-0.2, 0) is 14.9 Å². The number of ether oxygens (including phenoxy) is 2. The van der Waals surface area contributed by atoms with Crippen LogP contribution in [0, 0.1) is 17.2 Å². The summed E-state index contributed by atoms with van der Waals surface area (Å²) in [4.78, 5) is 0. The van der Waals surface area contributed by atoms with E-state index in [0.717, 1.165) is 18.4 Å². The van der Waals surface area contributed by atoms with E-state index in [1.807, 2.05) is 44.2 Å². The van der Waals surface area contributed by atoms with E-state index >= 15 is 0 Å². The van der Waals surface area contributed by atoms with E-state index in [9.17, 15) is 5.26 Å². The molecular weight excluding hydrogens is 262 g/mol. The lowest BCUT2D eigenvalue weighted by Gasteiger charge is -2.32. The SMILES string of the molecule is CCOC(CCC(C#N)(c1ccccc1)C(C)C)OCC. The van der Waals surface area contributed by atoms with Crippen LogP contribution < -0.4 is 0 Å². The number of rotatable bonds is 9. The molecule has 1 aromatic rings. The van der Waals surface area contributed by atoms with Crippen molar-refractivity contribution in [2.45, 2.75) is 52.2 Å². The number of nitrogens with zero attached hydrogens (tertiary/aromatic N) is 1. The molecule has 0 aromatic heterocycles. The molecule has 0 amide bonds. The van der Waals surface area contributed by atoms with Crippen molar-refractivity contribution >= 4 is 0 Å². The predicted octanol–water partition coefficient (Wildman–Crippen LogP) is 4.28. The summed E-state index contributed by atoms with van der Waals surface area (Å²) in [5, 5.41) is 9.84. The van der Waals surface area contributed by atoms with E-state index in [-0.39, 0.29) is 12.2 Å². The standard InChI is InChI=1S/C18H27NO2/c1-5-20-17(21-6-2)12-13-18(14-19,15(3)4)16-10-8-7-9-11-16/h7-11,15,17H,5-6,12-13H2,1-4H3. The van der Waals surface area contributed by atoms with Crippen molar-refractivity contribution in [2.75, 3.05) is 13.2 Å². The third-order valence-corrected chi connectivity index (χ3v) is 3.95. The maximum absolute atomic E-state index is 9.84. The molecule has 0 aliphatic heterocycles. The fourth-order valence-electron chi connectivity index (χ4n) is 2.68. The normalized spacial score (nSPS) is 14.1. The molecule has 1 atom stereocenters. The highest BCUT2D eigenvalue weighted by Crippen LogP contribution is 2.37. The lowest BCUT2D eigenvalue weighted by Crippen LogP contribution is -2.33. The molecule has 3 heteroatoms. The second-order valence-corrected chi connectivity index (χ2v) is 5.48. The van der Waals surface area contributed by atoms with E-state index in [1.54, 1.807) is 0 Å². The lowest BCUT2D eigenvalue weighted by atomic mass is 9.70. The molecule has 0 N–H and O–H groups in total. The Labute approximate surface area is 128 Å². The van der Waals surface area contributed by atoms with Crippen LogP contribution >= 0.6 is 0 Å². The second kappa shape index (κ2) is 8.81. The molecule has 0 aliphatic rings. The Balaban J connectivity index is 2.92. The Morgan fingerprint density at radius 3 is 2.10 bits per heavy atom. The van der Waals surface area contributed by atoms with Gasteiger partial charge in [0.15, 0.2) is 6.29 Å². The Kier molecular flexibility index (Phi) is 7.42. The van der Waals surface area contributed by atoms with Crippen LogP contribution in [0.25, 0.3) is 0 Å². The molecule has 0 radical (unpaired) electrons. The average Bonchev–Trinajstić information content (AvgIpc) is 2.49. The Bertz CT molecular complexity index is 432. The van der Waals surface area contributed by atoms with Crippen molar-refractivity contribution < 1.29 is 9.47 Å². The van der Waals surface area contributed by atoms with E-state index in [0.29, 0.717) is 13.2 Å². The molecule has 21 heavy (non-hydrogen) atoms. The zero-order chi connectivity index (χ0) is 15.7. The fourth-order valence-corrected chi connectivity index (χ4v) is 2.68. The topological polar surface area (TPSA) is 42.2 Å². The molecule has 1 unspecified atom stereocenters. The van der Waals surface area contributed by atoms with Crippen LogP contribution in [0.3, 0.4) is 0 Å². The number of hydrogen-bond acceptors (Lipinski definition) is 3. The number of nitriles is 1. The molecule has 0 bridgehead atoms. The van der Waals surface area contributed by atoms with Gasteiger partial charge in [0.2, 0.25) is 0 Å². The minimum atomic E-state index is -0.492. The predicted molar refractivity (Wildman–Crippen MR) is 84.8 cm³/mol. The molecule has 1 rings (SSSR count). The zero-order valence-electron chi connectivity index (χ0n) is 13.6. The average molecular weight is 289 g/mol. The molecule has 116 valence electrons. The van der Waals surface area contributed by atoms with E-state index < -0.39 is 5.41 Å². The van der Waals surface area contributed by atoms with Crippen molar-refractivity contribution in [1.29, 1.82) is 5.26 Å². The Morgan fingerprint density at radius 2 is 1.67 bits per heavy atom. The highest BCUT2D eigenvalue weighted by atomic mass is 16.7. The fraction of sp³-hybridized carbons (Fsp3) is 0.611. The van der Waals surface area contributed by atoms with Gasteiger partial charge in [-0.05, 0) is 31.7 Å². The first-order valence-electron chi connectivity index (χ1n) is 7.80. The van der Waals surface area contributed by atoms with Crippen LogP contribution in [0.1, 0.15) is 46.1 Å². The second-order valence-electron chi connectivity index (χ2n) is 5.48. The Morgan fingerprint density at radius 1 is 1.10 bits per heavy atom. The molecule has 3 nitrogen and oxygen atoms in total. The van der Waals surface area contributed by atoms with Crippen LogP contribution in [0.15, 0.2) is 30.3 Å². The molecule has 0 heterocycles. The third-order valence-electron chi connectivity index (χ3n) is 3.95. The molecule has 1 aromatic carbocycles. The van der Waals surface area contributed by atoms with E-state index in [2.05, 4.69) is 19.9 Å². The van der Waals surface area contributed by atoms with Gasteiger partial charge >= 0.3 is 0 Å². The number of hydrogen-bond donors (Lipinski definition) is 0. The van der Waals surface area contributed by atoms with Gasteiger partial charge in [0.25, 0.3) is 0 Å². The molecule has 0 fully saturated rings. The maximum atomic E-state index is 9.84. The summed E-state index contributed by atoms with van der Waals surface area (Å²) in [5.74, 6) is 0.230. The highest BCUT2D eigenvalue weighted by Gasteiger charge is 2.36. The van der Waals surface area contributed by atoms with Gasteiger partial charge in [0.05, 0.1) is 11.5 Å². The zero-order valence-corrected chi connectivity index (χ0v) is 13.6. The lowest BCUT2D eigenvalue weighted by molar-refractivity contribution is -0.141. The van der Waals surface area contributed by atoms with Crippen LogP contribution in [0.5, 0.6) is 0 Å². The van der Waals surface area contributed by atoms with Crippen molar-refractivity contribution in [3.63, 3.8) is 0 Å². The first-order valence-corrected chi connectivity index (χ1v) is 7.80. The minimum Gasteiger partial charge on any atom is -0.353 e. The smallest absolute Gasteiger partial charge is 0.157 e. The summed E-state index contributed by atoms with van der Waals surface area (Å²) >= 11 is 0. The van der Waals surface area contributed by atoms with Crippen LogP contribution in [0.4, 0.5) is 0 Å². The van der Waals surface area contributed by atoms with E-state index in [4.69, 9.17) is 9.47 Å². The van der Waals surface area contributed by atoms with Gasteiger partial charge in [-0.3, -0.25) is 0 Å². The quantitative estimate of drug-likeness (QED) is 0.637. The van der Waals surface area contributed by atoms with Crippen molar-refractivity contribution in [3.05, 3.63) is 35.9 Å². The van der Waals surface area contributed by atoms with E-state index in [1.165, 1.54) is 0 Å². The van der Waals surface area contributed by atoms with Gasteiger partial charge in [-0.1, -0.05) is 44.2 Å². The van der Waals surface area contributed by atoms with Crippen molar-refractivity contribution in [2.24, 2.45) is 5.92 Å². The van der Waals surface area contributed by atoms with Crippen LogP contribution in [-0.4, -0.2) is 19.5 Å². The molecule has 0 saturated heterocycles. The molecule has 0 aliphatic carbocycles. The Hall–Kier alpha value is -1.37. The van der Waals surface area contributed by atoms with Gasteiger partial charge in [0, 0.05) is 19.6 Å². The van der Waals surface area contributed by atoms with Crippen LogP contribution in [0.2, 0.25) is 0 Å². The van der Waals surface area contributed by atoms with Gasteiger partial charge in [-0.2, -0.15) is 5.26 Å². The molecular formula is C18H27NO2. The number of benzene rings is 1. The first kappa shape index (κ1) is 17.7. The third kappa shape index (κ3) is 4.56. The van der Waals surface area contributed by atoms with Gasteiger partial charge in [0.1, 0.15) is 0 Å².